The van der Waals surface area contributed by atoms with Crippen molar-refractivity contribution in [2.75, 3.05) is 6.54 Å². The fraction of sp³-hybridized carbons (Fsp3) is 0.677. The molecule has 1 aromatic heterocycles. The van der Waals surface area contributed by atoms with Crippen molar-refractivity contribution in [3.05, 3.63) is 18.2 Å². The molecule has 17 heteroatoms. The van der Waals surface area contributed by atoms with E-state index in [2.05, 4.69) is 41.5 Å². The predicted molar refractivity (Wildman–Crippen MR) is 181 cm³/mol. The molecule has 0 aliphatic carbocycles. The third-order valence-corrected chi connectivity index (χ3v) is 7.34. The second-order valence-corrected chi connectivity index (χ2v) is 12.6. The van der Waals surface area contributed by atoms with Crippen molar-refractivity contribution in [3.63, 3.8) is 0 Å². The first-order valence-electron chi connectivity index (χ1n) is 16.4. The summed E-state index contributed by atoms with van der Waals surface area (Å²) < 4.78 is 0. The molecule has 48 heavy (non-hydrogen) atoms. The maximum absolute atomic E-state index is 13.7. The number of imidazole rings is 1. The molecule has 17 nitrogen and oxygen atoms in total. The lowest BCUT2D eigenvalue weighted by Crippen LogP contribution is -2.60. The van der Waals surface area contributed by atoms with Gasteiger partial charge >= 0.3 is 0 Å². The minimum atomic E-state index is -1.13. The SMILES string of the molecule is CCCCC(NC(=O)[C@H](CCCN=C(N)N)NC(=O)[C@H](Cc1cnc[nH]1)NC(C)=O)C(=O)N[C@H](C(=O)N[C@@H](CC(C)C)C(N)=O)C(C)C. The van der Waals surface area contributed by atoms with Gasteiger partial charge in [0.15, 0.2) is 5.96 Å². The van der Waals surface area contributed by atoms with Gasteiger partial charge in [0.1, 0.15) is 30.2 Å². The maximum Gasteiger partial charge on any atom is 0.243 e. The average Bonchev–Trinajstić information content (AvgIpc) is 3.50. The van der Waals surface area contributed by atoms with Crippen LogP contribution < -0.4 is 43.8 Å². The minimum Gasteiger partial charge on any atom is -0.370 e. The number of aromatic amines is 1. The van der Waals surface area contributed by atoms with Gasteiger partial charge in [0, 0.05) is 31.8 Å². The molecular formula is C31H55N11O6. The number of nitrogens with one attached hydrogen (secondary N) is 6. The van der Waals surface area contributed by atoms with Crippen molar-refractivity contribution in [3.8, 4) is 0 Å². The highest BCUT2D eigenvalue weighted by atomic mass is 16.2. The Morgan fingerprint density at radius 2 is 1.35 bits per heavy atom. The van der Waals surface area contributed by atoms with Crippen LogP contribution in [-0.4, -0.2) is 88.1 Å². The van der Waals surface area contributed by atoms with Crippen molar-refractivity contribution in [1.29, 1.82) is 0 Å². The first kappa shape index (κ1) is 41.3. The average molecular weight is 678 g/mol. The molecule has 0 saturated heterocycles. The number of H-pyrrole nitrogens is 1. The predicted octanol–water partition coefficient (Wildman–Crippen LogP) is -1.17. The summed E-state index contributed by atoms with van der Waals surface area (Å²) in [5, 5.41) is 13.4. The smallest absolute Gasteiger partial charge is 0.243 e. The molecule has 6 amide bonds. The van der Waals surface area contributed by atoms with Crippen molar-refractivity contribution in [2.24, 2.45) is 34.0 Å². The summed E-state index contributed by atoms with van der Waals surface area (Å²) in [7, 11) is 0. The van der Waals surface area contributed by atoms with Gasteiger partial charge < -0.3 is 48.8 Å². The molecule has 0 aromatic carbocycles. The lowest BCUT2D eigenvalue weighted by Gasteiger charge is -2.28. The van der Waals surface area contributed by atoms with Gasteiger partial charge in [0.2, 0.25) is 35.4 Å². The number of nitrogens with two attached hydrogens (primary N) is 3. The van der Waals surface area contributed by atoms with Crippen molar-refractivity contribution >= 4 is 41.4 Å². The van der Waals surface area contributed by atoms with Gasteiger partial charge in [0.25, 0.3) is 0 Å². The van der Waals surface area contributed by atoms with Gasteiger partial charge in [0.05, 0.1) is 6.33 Å². The van der Waals surface area contributed by atoms with Crippen LogP contribution in [-0.2, 0) is 35.2 Å². The molecular weight excluding hydrogens is 622 g/mol. The van der Waals surface area contributed by atoms with E-state index in [1.807, 2.05) is 20.8 Å². The zero-order chi connectivity index (χ0) is 36.4. The molecule has 0 fully saturated rings. The van der Waals surface area contributed by atoms with Crippen LogP contribution >= 0.6 is 0 Å². The minimum absolute atomic E-state index is 0.0791. The zero-order valence-electron chi connectivity index (χ0n) is 28.9. The van der Waals surface area contributed by atoms with E-state index in [0.29, 0.717) is 31.4 Å². The van der Waals surface area contributed by atoms with Crippen LogP contribution in [0, 0.1) is 11.8 Å². The van der Waals surface area contributed by atoms with E-state index < -0.39 is 65.7 Å². The van der Waals surface area contributed by atoms with E-state index >= 15 is 0 Å². The van der Waals surface area contributed by atoms with Crippen LogP contribution in [0.4, 0.5) is 0 Å². The summed E-state index contributed by atoms with van der Waals surface area (Å²) in [6.07, 6.45) is 5.32. The monoisotopic (exact) mass is 677 g/mol. The van der Waals surface area contributed by atoms with Crippen LogP contribution in [0.3, 0.4) is 0 Å². The summed E-state index contributed by atoms with van der Waals surface area (Å²) in [6, 6.07) is -5.14. The molecule has 0 spiro atoms. The lowest BCUT2D eigenvalue weighted by atomic mass is 9.99. The molecule has 12 N–H and O–H groups in total. The van der Waals surface area contributed by atoms with Crippen molar-refractivity contribution < 1.29 is 28.8 Å². The van der Waals surface area contributed by atoms with E-state index in [0.717, 1.165) is 0 Å². The number of hydrogen-bond acceptors (Lipinski definition) is 8. The van der Waals surface area contributed by atoms with E-state index in [4.69, 9.17) is 17.2 Å². The highest BCUT2D eigenvalue weighted by Crippen LogP contribution is 2.10. The lowest BCUT2D eigenvalue weighted by molar-refractivity contribution is -0.135. The summed E-state index contributed by atoms with van der Waals surface area (Å²) in [4.78, 5) is 88.5. The Bertz CT molecular complexity index is 1230. The standard InChI is InChI=1S/C31H55N11O6/c1-7-8-10-21(28(46)42-25(18(4)5)30(48)41-23(26(32)44)13-17(2)3)39-27(45)22(11-9-12-36-31(33)34)40-29(47)24(38-19(6)43)14-20-15-35-16-37-20/h15-18,21-25H,7-14H2,1-6H3,(H2,32,44)(H,35,37)(H,38,43)(H,39,45)(H,40,47)(H,41,48)(H,42,46)(H4,33,34,36)/t21?,22-,23-,24-,25-/m0/s1. The molecule has 0 bridgehead atoms. The number of hydrogen-bond donors (Lipinski definition) is 9. The Kier molecular flexibility index (Phi) is 18.3. The number of aromatic nitrogens is 2. The molecule has 0 saturated carbocycles. The second-order valence-electron chi connectivity index (χ2n) is 12.6. The highest BCUT2D eigenvalue weighted by Gasteiger charge is 2.33. The molecule has 270 valence electrons. The summed E-state index contributed by atoms with van der Waals surface area (Å²) in [5.41, 5.74) is 16.9. The van der Waals surface area contributed by atoms with E-state index in [1.54, 1.807) is 13.8 Å². The van der Waals surface area contributed by atoms with Gasteiger partial charge in [-0.2, -0.15) is 0 Å². The van der Waals surface area contributed by atoms with Crippen LogP contribution in [0.2, 0.25) is 0 Å². The summed E-state index contributed by atoms with van der Waals surface area (Å²) in [6.45, 7) is 10.6. The quantitative estimate of drug-likeness (QED) is 0.0405. The fourth-order valence-electron chi connectivity index (χ4n) is 4.83. The molecule has 1 heterocycles. The highest BCUT2D eigenvalue weighted by molar-refractivity contribution is 5.96. The Morgan fingerprint density at radius 3 is 1.83 bits per heavy atom. The number of nitrogens with zero attached hydrogens (tertiary/aromatic N) is 2. The first-order chi connectivity index (χ1) is 22.5. The maximum atomic E-state index is 13.7. The Morgan fingerprint density at radius 1 is 0.792 bits per heavy atom. The molecule has 0 radical (unpaired) electrons. The fourth-order valence-corrected chi connectivity index (χ4v) is 4.83. The third-order valence-electron chi connectivity index (χ3n) is 7.34. The number of aliphatic imine (C=N–C) groups is 1. The van der Waals surface area contributed by atoms with Gasteiger partial charge in [-0.3, -0.25) is 33.8 Å². The summed E-state index contributed by atoms with van der Waals surface area (Å²) >= 11 is 0. The van der Waals surface area contributed by atoms with Gasteiger partial charge in [-0.15, -0.1) is 0 Å². The summed E-state index contributed by atoms with van der Waals surface area (Å²) in [5.74, 6) is -4.01. The Labute approximate surface area is 282 Å². The Hall–Kier alpha value is -4.70. The topological polar surface area (TPSA) is 282 Å². The number of carbonyl (C=O) groups is 6. The number of unbranched alkanes of at least 4 members (excludes halogenated alkanes) is 1. The number of amides is 6. The van der Waals surface area contributed by atoms with Crippen LogP contribution in [0.5, 0.6) is 0 Å². The van der Waals surface area contributed by atoms with Gasteiger partial charge in [-0.25, -0.2) is 4.98 Å². The van der Waals surface area contributed by atoms with Crippen molar-refractivity contribution in [1.82, 2.24) is 36.6 Å². The zero-order valence-corrected chi connectivity index (χ0v) is 28.9. The number of primary amides is 1. The molecule has 0 aliphatic heterocycles. The molecule has 1 aromatic rings. The molecule has 5 atom stereocenters. The number of carbonyl (C=O) groups excluding carboxylic acids is 6. The largest absolute Gasteiger partial charge is 0.370 e. The van der Waals surface area contributed by atoms with E-state index in [1.165, 1.54) is 19.4 Å². The van der Waals surface area contributed by atoms with Gasteiger partial charge in [-0.05, 0) is 37.5 Å². The van der Waals surface area contributed by atoms with Crippen LogP contribution in [0.15, 0.2) is 17.5 Å². The second kappa shape index (κ2) is 21.2. The third kappa shape index (κ3) is 15.7. The molecule has 1 rings (SSSR count). The molecule has 0 aliphatic rings. The number of rotatable bonds is 22. The van der Waals surface area contributed by atoms with Crippen LogP contribution in [0.1, 0.15) is 85.8 Å². The number of guanidine groups is 1. The molecule has 1 unspecified atom stereocenters. The van der Waals surface area contributed by atoms with Gasteiger partial charge in [-0.1, -0.05) is 47.5 Å². The van der Waals surface area contributed by atoms with E-state index in [-0.39, 0.29) is 43.6 Å². The normalized spacial score (nSPS) is 14.2. The van der Waals surface area contributed by atoms with E-state index in [9.17, 15) is 28.8 Å². The van der Waals surface area contributed by atoms with Crippen LogP contribution in [0.25, 0.3) is 0 Å². The first-order valence-corrected chi connectivity index (χ1v) is 16.4. The van der Waals surface area contributed by atoms with Crippen molar-refractivity contribution in [2.45, 2.75) is 117 Å². The Balaban J connectivity index is 3.22.